The Bertz CT molecular complexity index is 658. The first-order valence-electron chi connectivity index (χ1n) is 5.75. The fourth-order valence-corrected chi connectivity index (χ4v) is 2.80. The average molecular weight is 321 g/mol. The topological polar surface area (TPSA) is 116 Å². The molecular weight excluding hydrogens is 305 g/mol. The van der Waals surface area contributed by atoms with Crippen molar-refractivity contribution in [1.29, 1.82) is 0 Å². The van der Waals surface area contributed by atoms with Gasteiger partial charge in [0.25, 0.3) is 0 Å². The Labute approximate surface area is 121 Å². The quantitative estimate of drug-likeness (QED) is 0.769. The van der Waals surface area contributed by atoms with Crippen LogP contribution in [0.4, 0.5) is 4.39 Å². The Balaban J connectivity index is 3.57. The number of carbonyl (C=O) groups is 1. The van der Waals surface area contributed by atoms with E-state index >= 15 is 0 Å². The number of hydrogen-bond acceptors (Lipinski definition) is 6. The molecule has 0 saturated heterocycles. The van der Waals surface area contributed by atoms with E-state index in [1.807, 2.05) is 0 Å². The first-order chi connectivity index (χ1) is 9.63. The summed E-state index contributed by atoms with van der Waals surface area (Å²) in [6, 6.07) is -0.396. The van der Waals surface area contributed by atoms with Gasteiger partial charge in [0.05, 0.1) is 14.2 Å². The maximum Gasteiger partial charge on any atom is 0.320 e. The summed E-state index contributed by atoms with van der Waals surface area (Å²) in [7, 11) is -1.50. The monoisotopic (exact) mass is 321 g/mol. The lowest BCUT2D eigenvalue weighted by Gasteiger charge is -2.17. The molecular formula is C12H16FNO6S. The molecule has 0 fully saturated rings. The van der Waals surface area contributed by atoms with E-state index in [-0.39, 0.29) is 23.5 Å². The molecule has 7 nitrogen and oxygen atoms in total. The third kappa shape index (κ3) is 3.61. The minimum atomic E-state index is -3.90. The number of sulfone groups is 1. The second kappa shape index (κ2) is 6.27. The van der Waals surface area contributed by atoms with Gasteiger partial charge < -0.3 is 20.3 Å². The number of ether oxygens (including phenoxy) is 2. The summed E-state index contributed by atoms with van der Waals surface area (Å²) in [4.78, 5) is 10.1. The highest BCUT2D eigenvalue weighted by Crippen LogP contribution is 2.39. The van der Waals surface area contributed by atoms with Gasteiger partial charge in [0, 0.05) is 18.2 Å². The first kappa shape index (κ1) is 17.2. The molecule has 0 aliphatic rings. The number of carboxylic acids is 1. The van der Waals surface area contributed by atoms with Gasteiger partial charge in [0.1, 0.15) is 16.8 Å². The zero-order valence-electron chi connectivity index (χ0n) is 11.7. The molecule has 0 heterocycles. The molecule has 9 heteroatoms. The molecule has 0 radical (unpaired) electrons. The van der Waals surface area contributed by atoms with Crippen LogP contribution in [-0.2, 0) is 21.1 Å². The highest BCUT2D eigenvalue weighted by Gasteiger charge is 2.28. The van der Waals surface area contributed by atoms with E-state index in [9.17, 15) is 17.6 Å². The Hall–Kier alpha value is -1.87. The van der Waals surface area contributed by atoms with Crippen molar-refractivity contribution in [2.45, 2.75) is 17.4 Å². The maximum atomic E-state index is 14.1. The Morgan fingerprint density at radius 2 is 1.90 bits per heavy atom. The summed E-state index contributed by atoms with van der Waals surface area (Å²) in [5.74, 6) is -2.70. The molecule has 1 aromatic carbocycles. The summed E-state index contributed by atoms with van der Waals surface area (Å²) in [5, 5.41) is 8.80. The van der Waals surface area contributed by atoms with Crippen LogP contribution in [0.2, 0.25) is 0 Å². The van der Waals surface area contributed by atoms with Gasteiger partial charge in [-0.2, -0.15) is 0 Å². The smallest absolute Gasteiger partial charge is 0.320 e. The van der Waals surface area contributed by atoms with Crippen LogP contribution in [0.5, 0.6) is 11.5 Å². The van der Waals surface area contributed by atoms with Crippen LogP contribution >= 0.6 is 0 Å². The lowest BCUT2D eigenvalue weighted by Crippen LogP contribution is -2.32. The van der Waals surface area contributed by atoms with E-state index in [1.54, 1.807) is 0 Å². The van der Waals surface area contributed by atoms with Gasteiger partial charge in [-0.3, -0.25) is 4.79 Å². The Kier molecular flexibility index (Phi) is 5.13. The summed E-state index contributed by atoms with van der Waals surface area (Å²) < 4.78 is 47.3. The second-order valence-electron chi connectivity index (χ2n) is 4.33. The van der Waals surface area contributed by atoms with Crippen molar-refractivity contribution < 1.29 is 32.2 Å². The van der Waals surface area contributed by atoms with Crippen LogP contribution in [-0.4, -0.2) is 46.0 Å². The fourth-order valence-electron chi connectivity index (χ4n) is 1.87. The Morgan fingerprint density at radius 3 is 2.29 bits per heavy atom. The van der Waals surface area contributed by atoms with Crippen molar-refractivity contribution in [3.63, 3.8) is 0 Å². The normalized spacial score (nSPS) is 12.8. The van der Waals surface area contributed by atoms with E-state index in [0.717, 1.165) is 19.4 Å². The molecule has 1 atom stereocenters. The average Bonchev–Trinajstić information content (AvgIpc) is 2.35. The van der Waals surface area contributed by atoms with Crippen molar-refractivity contribution in [2.24, 2.45) is 5.73 Å². The molecule has 3 N–H and O–H groups in total. The number of hydrogen-bond donors (Lipinski definition) is 2. The first-order valence-corrected chi connectivity index (χ1v) is 7.64. The van der Waals surface area contributed by atoms with E-state index in [4.69, 9.17) is 20.3 Å². The van der Waals surface area contributed by atoms with E-state index in [2.05, 4.69) is 0 Å². The fraction of sp³-hybridized carbons (Fsp3) is 0.417. The predicted octanol–water partition coefficient (Wildman–Crippen LogP) is 0.201. The van der Waals surface area contributed by atoms with Crippen molar-refractivity contribution >= 4 is 15.8 Å². The Morgan fingerprint density at radius 1 is 1.38 bits per heavy atom. The van der Waals surface area contributed by atoms with Crippen LogP contribution < -0.4 is 15.2 Å². The minimum absolute atomic E-state index is 0.0592. The molecule has 0 spiro atoms. The standard InChI is InChI=1S/C12H16FNO6S/c1-19-9-6(5-8(14)12(15)16)4-7(13)11(10(9)20-2)21(3,17)18/h4,8H,5,14H2,1-3H3,(H,15,16). The number of halogens is 1. The van der Waals surface area contributed by atoms with E-state index in [0.29, 0.717) is 0 Å². The van der Waals surface area contributed by atoms with Gasteiger partial charge in [0.2, 0.25) is 0 Å². The number of methoxy groups -OCH3 is 2. The lowest BCUT2D eigenvalue weighted by molar-refractivity contribution is -0.138. The predicted molar refractivity (Wildman–Crippen MR) is 71.9 cm³/mol. The summed E-state index contributed by atoms with van der Waals surface area (Å²) in [6.45, 7) is 0. The largest absolute Gasteiger partial charge is 0.493 e. The molecule has 1 rings (SSSR count). The zero-order chi connectivity index (χ0) is 16.4. The number of rotatable bonds is 6. The van der Waals surface area contributed by atoms with Crippen LogP contribution in [0.25, 0.3) is 0 Å². The molecule has 1 aromatic rings. The number of nitrogens with two attached hydrogens (primary N) is 1. The highest BCUT2D eigenvalue weighted by atomic mass is 32.2. The van der Waals surface area contributed by atoms with Crippen LogP contribution in [0.15, 0.2) is 11.0 Å². The maximum absolute atomic E-state index is 14.1. The van der Waals surface area contributed by atoms with Gasteiger partial charge in [-0.05, 0) is 6.07 Å². The highest BCUT2D eigenvalue weighted by molar-refractivity contribution is 7.90. The minimum Gasteiger partial charge on any atom is -0.493 e. The van der Waals surface area contributed by atoms with Crippen LogP contribution in [0.1, 0.15) is 5.56 Å². The second-order valence-corrected chi connectivity index (χ2v) is 6.29. The number of aliphatic carboxylic acids is 1. The molecule has 0 aliphatic heterocycles. The molecule has 0 aromatic heterocycles. The van der Waals surface area contributed by atoms with Gasteiger partial charge in [-0.25, -0.2) is 12.8 Å². The van der Waals surface area contributed by atoms with Crippen molar-refractivity contribution in [1.82, 2.24) is 0 Å². The van der Waals surface area contributed by atoms with Gasteiger partial charge in [0.15, 0.2) is 21.3 Å². The molecule has 1 unspecified atom stereocenters. The molecule has 118 valence electrons. The number of carboxylic acid groups (broad SMARTS) is 1. The summed E-state index contributed by atoms with van der Waals surface area (Å²) >= 11 is 0. The van der Waals surface area contributed by atoms with Crippen molar-refractivity contribution in [3.8, 4) is 11.5 Å². The van der Waals surface area contributed by atoms with Gasteiger partial charge in [-0.15, -0.1) is 0 Å². The van der Waals surface area contributed by atoms with E-state index in [1.165, 1.54) is 7.11 Å². The third-order valence-corrected chi connectivity index (χ3v) is 3.88. The summed E-state index contributed by atoms with van der Waals surface area (Å²) in [6.07, 6.45) is 0.589. The van der Waals surface area contributed by atoms with Crippen LogP contribution in [0.3, 0.4) is 0 Å². The van der Waals surface area contributed by atoms with Crippen molar-refractivity contribution in [3.05, 3.63) is 17.4 Å². The number of benzene rings is 1. The SMILES string of the molecule is COc1c(CC(N)C(=O)O)cc(F)c(S(C)(=O)=O)c1OC. The molecule has 0 aliphatic carbocycles. The van der Waals surface area contributed by atoms with E-state index < -0.39 is 32.6 Å². The molecule has 0 bridgehead atoms. The van der Waals surface area contributed by atoms with Gasteiger partial charge in [-0.1, -0.05) is 0 Å². The van der Waals surface area contributed by atoms with Crippen LogP contribution in [0, 0.1) is 5.82 Å². The third-order valence-electron chi connectivity index (χ3n) is 2.76. The van der Waals surface area contributed by atoms with Gasteiger partial charge >= 0.3 is 5.97 Å². The lowest BCUT2D eigenvalue weighted by atomic mass is 10.0. The zero-order valence-corrected chi connectivity index (χ0v) is 12.5. The molecule has 0 saturated carbocycles. The molecule has 0 amide bonds. The molecule has 21 heavy (non-hydrogen) atoms. The van der Waals surface area contributed by atoms with Crippen molar-refractivity contribution in [2.75, 3.05) is 20.5 Å². The summed E-state index contributed by atoms with van der Waals surface area (Å²) in [5.41, 5.74) is 5.51.